The summed E-state index contributed by atoms with van der Waals surface area (Å²) in [6, 6.07) is 17.8. The summed E-state index contributed by atoms with van der Waals surface area (Å²) in [5.41, 5.74) is 3.66. The highest BCUT2D eigenvalue weighted by Gasteiger charge is 2.14. The maximum absolute atomic E-state index is 12.6. The molecule has 0 saturated carbocycles. The van der Waals surface area contributed by atoms with Gasteiger partial charge in [0.05, 0.1) is 12.2 Å². The Bertz CT molecular complexity index is 1160. The minimum absolute atomic E-state index is 0.0683. The Balaban J connectivity index is 1.78. The first kappa shape index (κ1) is 21.6. The number of esters is 1. The van der Waals surface area contributed by atoms with Crippen molar-refractivity contribution < 1.29 is 18.7 Å². The number of aryl methyl sites for hydroxylation is 2. The number of para-hydroxylation sites is 1. The SMILES string of the molecule is CCOC(=O)c1ccc(-c2ccc(C=C(C#N)C(=O)Nc3c(C)cccc3C)o2)cc1. The Hall–Kier alpha value is -4.11. The van der Waals surface area contributed by atoms with Crippen LogP contribution >= 0.6 is 0 Å². The molecule has 6 heteroatoms. The molecule has 3 rings (SSSR count). The highest BCUT2D eigenvalue weighted by Crippen LogP contribution is 2.25. The number of hydrogen-bond donors (Lipinski definition) is 1. The van der Waals surface area contributed by atoms with E-state index < -0.39 is 5.91 Å². The fourth-order valence-electron chi connectivity index (χ4n) is 3.05. The second kappa shape index (κ2) is 9.59. The maximum atomic E-state index is 12.6. The lowest BCUT2D eigenvalue weighted by Gasteiger charge is -2.10. The van der Waals surface area contributed by atoms with E-state index in [0.29, 0.717) is 29.4 Å². The Morgan fingerprint density at radius 3 is 2.35 bits per heavy atom. The van der Waals surface area contributed by atoms with E-state index in [9.17, 15) is 14.9 Å². The van der Waals surface area contributed by atoms with Crippen LogP contribution in [0.1, 0.15) is 34.2 Å². The second-order valence-corrected chi connectivity index (χ2v) is 6.89. The number of amides is 1. The fourth-order valence-corrected chi connectivity index (χ4v) is 3.05. The number of nitrogens with zero attached hydrogens (tertiary/aromatic N) is 1. The number of furan rings is 1. The van der Waals surface area contributed by atoms with Crippen molar-refractivity contribution in [2.24, 2.45) is 0 Å². The monoisotopic (exact) mass is 414 g/mol. The molecule has 1 amide bonds. The van der Waals surface area contributed by atoms with Gasteiger partial charge in [0.2, 0.25) is 0 Å². The molecular formula is C25H22N2O4. The molecule has 1 aromatic heterocycles. The van der Waals surface area contributed by atoms with Gasteiger partial charge in [0.15, 0.2) is 0 Å². The molecule has 156 valence electrons. The third-order valence-electron chi connectivity index (χ3n) is 4.68. The average Bonchev–Trinajstić information content (AvgIpc) is 3.23. The van der Waals surface area contributed by atoms with Gasteiger partial charge in [-0.1, -0.05) is 30.3 Å². The third-order valence-corrected chi connectivity index (χ3v) is 4.68. The normalized spacial score (nSPS) is 11.0. The molecule has 0 atom stereocenters. The minimum atomic E-state index is -0.503. The van der Waals surface area contributed by atoms with Crippen molar-refractivity contribution in [2.45, 2.75) is 20.8 Å². The zero-order valence-corrected chi connectivity index (χ0v) is 17.6. The average molecular weight is 414 g/mol. The molecule has 0 radical (unpaired) electrons. The molecule has 0 aliphatic carbocycles. The topological polar surface area (TPSA) is 92.3 Å². The molecule has 2 aromatic carbocycles. The number of nitriles is 1. The smallest absolute Gasteiger partial charge is 0.338 e. The van der Waals surface area contributed by atoms with Crippen LogP contribution < -0.4 is 5.32 Å². The highest BCUT2D eigenvalue weighted by atomic mass is 16.5. The largest absolute Gasteiger partial charge is 0.462 e. The summed E-state index contributed by atoms with van der Waals surface area (Å²) in [5.74, 6) is 0.0362. The van der Waals surface area contributed by atoms with Crippen LogP contribution in [0.4, 0.5) is 5.69 Å². The molecule has 0 aliphatic rings. The quantitative estimate of drug-likeness (QED) is 0.336. The molecule has 0 aliphatic heterocycles. The van der Waals surface area contributed by atoms with Crippen LogP contribution in [0, 0.1) is 25.2 Å². The van der Waals surface area contributed by atoms with Gasteiger partial charge in [-0.25, -0.2) is 4.79 Å². The van der Waals surface area contributed by atoms with Gasteiger partial charge in [-0.3, -0.25) is 4.79 Å². The van der Waals surface area contributed by atoms with Gasteiger partial charge in [-0.15, -0.1) is 0 Å². The minimum Gasteiger partial charge on any atom is -0.462 e. The fraction of sp³-hybridized carbons (Fsp3) is 0.160. The van der Waals surface area contributed by atoms with Crippen molar-refractivity contribution in [3.05, 3.63) is 82.6 Å². The third kappa shape index (κ3) is 5.09. The second-order valence-electron chi connectivity index (χ2n) is 6.89. The van der Waals surface area contributed by atoms with E-state index in [1.165, 1.54) is 6.08 Å². The molecule has 1 N–H and O–H groups in total. The predicted octanol–water partition coefficient (Wildman–Crippen LogP) is 5.29. The van der Waals surface area contributed by atoms with Crippen LogP contribution in [0.15, 0.2) is 64.6 Å². The zero-order valence-electron chi connectivity index (χ0n) is 17.6. The Labute approximate surface area is 180 Å². The summed E-state index contributed by atoms with van der Waals surface area (Å²) in [5, 5.41) is 12.3. The number of carbonyl (C=O) groups is 2. The molecule has 0 spiro atoms. The van der Waals surface area contributed by atoms with Gasteiger partial charge in [-0.2, -0.15) is 5.26 Å². The van der Waals surface area contributed by atoms with E-state index in [0.717, 1.165) is 16.7 Å². The molecule has 6 nitrogen and oxygen atoms in total. The summed E-state index contributed by atoms with van der Waals surface area (Å²) < 4.78 is 10.7. The number of rotatable bonds is 6. The van der Waals surface area contributed by atoms with Gasteiger partial charge in [0.25, 0.3) is 5.91 Å². The van der Waals surface area contributed by atoms with Gasteiger partial charge in [-0.05, 0) is 56.2 Å². The number of ether oxygens (including phenoxy) is 1. The summed E-state index contributed by atoms with van der Waals surface area (Å²) in [6.07, 6.45) is 1.40. The van der Waals surface area contributed by atoms with E-state index in [-0.39, 0.29) is 11.5 Å². The van der Waals surface area contributed by atoms with Gasteiger partial charge in [0.1, 0.15) is 23.2 Å². The number of anilines is 1. The van der Waals surface area contributed by atoms with Crippen molar-refractivity contribution in [1.82, 2.24) is 0 Å². The highest BCUT2D eigenvalue weighted by molar-refractivity contribution is 6.10. The van der Waals surface area contributed by atoms with Gasteiger partial charge < -0.3 is 14.5 Å². The molecule has 31 heavy (non-hydrogen) atoms. The van der Waals surface area contributed by atoms with E-state index in [2.05, 4.69) is 5.32 Å². The molecule has 0 fully saturated rings. The lowest BCUT2D eigenvalue weighted by molar-refractivity contribution is -0.112. The summed E-state index contributed by atoms with van der Waals surface area (Å²) >= 11 is 0. The lowest BCUT2D eigenvalue weighted by atomic mass is 10.1. The van der Waals surface area contributed by atoms with Crippen molar-refractivity contribution in [1.29, 1.82) is 5.26 Å². The van der Waals surface area contributed by atoms with Crippen LogP contribution in [0.5, 0.6) is 0 Å². The van der Waals surface area contributed by atoms with Crippen molar-refractivity contribution in [3.63, 3.8) is 0 Å². The summed E-state index contributed by atoms with van der Waals surface area (Å²) in [6.45, 7) is 5.85. The Morgan fingerprint density at radius 2 is 1.74 bits per heavy atom. The van der Waals surface area contributed by atoms with Gasteiger partial charge >= 0.3 is 5.97 Å². The zero-order chi connectivity index (χ0) is 22.4. The standard InChI is InChI=1S/C25H22N2O4/c1-4-30-25(29)19-10-8-18(9-11-19)22-13-12-21(31-22)14-20(15-26)24(28)27-23-16(2)6-5-7-17(23)3/h5-14H,4H2,1-3H3,(H,27,28). The number of nitrogens with one attached hydrogen (secondary N) is 1. The first-order valence-corrected chi connectivity index (χ1v) is 9.79. The molecular weight excluding hydrogens is 392 g/mol. The molecule has 0 saturated heterocycles. The van der Waals surface area contributed by atoms with Crippen molar-refractivity contribution >= 4 is 23.6 Å². The molecule has 0 unspecified atom stereocenters. The molecule has 0 bridgehead atoms. The van der Waals surface area contributed by atoms with E-state index in [1.54, 1.807) is 43.3 Å². The predicted molar refractivity (Wildman–Crippen MR) is 118 cm³/mol. The van der Waals surface area contributed by atoms with Crippen LogP contribution in [0.2, 0.25) is 0 Å². The first-order chi connectivity index (χ1) is 14.9. The van der Waals surface area contributed by atoms with Crippen molar-refractivity contribution in [3.8, 4) is 17.4 Å². The Morgan fingerprint density at radius 1 is 1.06 bits per heavy atom. The van der Waals surface area contributed by atoms with E-state index in [1.807, 2.05) is 38.1 Å². The summed E-state index contributed by atoms with van der Waals surface area (Å²) in [7, 11) is 0. The van der Waals surface area contributed by atoms with E-state index in [4.69, 9.17) is 9.15 Å². The summed E-state index contributed by atoms with van der Waals surface area (Å²) in [4.78, 5) is 24.4. The van der Waals surface area contributed by atoms with Crippen LogP contribution in [0.3, 0.4) is 0 Å². The molecule has 3 aromatic rings. The number of carbonyl (C=O) groups excluding carboxylic acids is 2. The Kier molecular flexibility index (Phi) is 6.68. The van der Waals surface area contributed by atoms with Crippen molar-refractivity contribution in [2.75, 3.05) is 11.9 Å². The first-order valence-electron chi connectivity index (χ1n) is 9.79. The number of hydrogen-bond acceptors (Lipinski definition) is 5. The molecule has 1 heterocycles. The maximum Gasteiger partial charge on any atom is 0.338 e. The van der Waals surface area contributed by atoms with Crippen LogP contribution in [-0.2, 0) is 9.53 Å². The van der Waals surface area contributed by atoms with Crippen LogP contribution in [-0.4, -0.2) is 18.5 Å². The van der Waals surface area contributed by atoms with E-state index >= 15 is 0 Å². The number of benzene rings is 2. The van der Waals surface area contributed by atoms with Gasteiger partial charge in [0, 0.05) is 17.3 Å². The lowest BCUT2D eigenvalue weighted by Crippen LogP contribution is -2.15. The van der Waals surface area contributed by atoms with Crippen LogP contribution in [0.25, 0.3) is 17.4 Å².